The number of rotatable bonds is 4. The third kappa shape index (κ3) is 2.99. The molecule has 3 heteroatoms. The molecule has 0 bridgehead atoms. The summed E-state index contributed by atoms with van der Waals surface area (Å²) >= 11 is 1.99. The molecular weight excluding hydrogens is 252 g/mol. The van der Waals surface area contributed by atoms with Crippen molar-refractivity contribution in [1.82, 2.24) is 9.88 Å². The molecule has 1 aliphatic heterocycles. The van der Waals surface area contributed by atoms with E-state index in [2.05, 4.69) is 47.3 Å². The molecule has 19 heavy (non-hydrogen) atoms. The van der Waals surface area contributed by atoms with Crippen LogP contribution in [0.1, 0.15) is 17.0 Å². The summed E-state index contributed by atoms with van der Waals surface area (Å²) in [5.41, 5.74) is 2.80. The smallest absolute Gasteiger partial charge is 0.0312 e. The molecule has 1 aromatic heterocycles. The van der Waals surface area contributed by atoms with E-state index in [1.165, 1.54) is 21.8 Å². The minimum absolute atomic E-state index is 0.655. The first-order valence-electron chi connectivity index (χ1n) is 6.62. The number of nitrogens with zero attached hydrogens (tertiary/aromatic N) is 2. The first-order chi connectivity index (χ1) is 9.33. The number of aromatic nitrogens is 1. The van der Waals surface area contributed by atoms with Crippen molar-refractivity contribution in [3.05, 3.63) is 59.9 Å². The SMILES string of the molecule is CN(Cc1cccnc1)CC1CSc2ccccc21. The molecule has 2 heterocycles. The molecule has 3 rings (SSSR count). The summed E-state index contributed by atoms with van der Waals surface area (Å²) in [4.78, 5) is 8.03. The number of benzene rings is 1. The van der Waals surface area contributed by atoms with E-state index in [-0.39, 0.29) is 0 Å². The van der Waals surface area contributed by atoms with Gasteiger partial charge in [-0.1, -0.05) is 24.3 Å². The molecule has 1 aliphatic rings. The Morgan fingerprint density at radius 2 is 2.16 bits per heavy atom. The number of pyridine rings is 1. The maximum Gasteiger partial charge on any atom is 0.0312 e. The monoisotopic (exact) mass is 270 g/mol. The van der Waals surface area contributed by atoms with E-state index in [0.717, 1.165) is 13.1 Å². The number of hydrogen-bond acceptors (Lipinski definition) is 3. The third-order valence-electron chi connectivity index (χ3n) is 3.51. The van der Waals surface area contributed by atoms with Crippen molar-refractivity contribution >= 4 is 11.8 Å². The van der Waals surface area contributed by atoms with Crippen molar-refractivity contribution in [1.29, 1.82) is 0 Å². The van der Waals surface area contributed by atoms with E-state index >= 15 is 0 Å². The molecule has 0 saturated carbocycles. The van der Waals surface area contributed by atoms with Crippen molar-refractivity contribution < 1.29 is 0 Å². The largest absolute Gasteiger partial charge is 0.301 e. The lowest BCUT2D eigenvalue weighted by atomic mass is 10.0. The maximum absolute atomic E-state index is 4.17. The van der Waals surface area contributed by atoms with Gasteiger partial charge in [0.25, 0.3) is 0 Å². The Morgan fingerprint density at radius 3 is 3.00 bits per heavy atom. The lowest BCUT2D eigenvalue weighted by Gasteiger charge is -2.21. The third-order valence-corrected chi connectivity index (χ3v) is 4.76. The molecular formula is C16H18N2S. The van der Waals surface area contributed by atoms with Crippen LogP contribution in [0.5, 0.6) is 0 Å². The topological polar surface area (TPSA) is 16.1 Å². The Labute approximate surface area is 118 Å². The molecule has 0 N–H and O–H groups in total. The van der Waals surface area contributed by atoms with Gasteiger partial charge in [-0.25, -0.2) is 0 Å². The molecule has 1 atom stereocenters. The van der Waals surface area contributed by atoms with Crippen LogP contribution in [0, 0.1) is 0 Å². The average Bonchev–Trinajstić information content (AvgIpc) is 2.83. The molecule has 0 aliphatic carbocycles. The molecule has 0 spiro atoms. The second-order valence-electron chi connectivity index (χ2n) is 5.10. The number of fused-ring (bicyclic) bond motifs is 1. The number of likely N-dealkylation sites (N-methyl/N-ethyl adjacent to an activating group) is 1. The van der Waals surface area contributed by atoms with Crippen LogP contribution in [0.25, 0.3) is 0 Å². The lowest BCUT2D eigenvalue weighted by molar-refractivity contribution is 0.311. The van der Waals surface area contributed by atoms with Gasteiger partial charge in [0, 0.05) is 42.0 Å². The highest BCUT2D eigenvalue weighted by molar-refractivity contribution is 7.99. The highest BCUT2D eigenvalue weighted by Gasteiger charge is 2.23. The molecule has 1 unspecified atom stereocenters. The summed E-state index contributed by atoms with van der Waals surface area (Å²) in [6, 6.07) is 12.9. The van der Waals surface area contributed by atoms with Crippen LogP contribution in [-0.2, 0) is 6.54 Å². The molecule has 2 nitrogen and oxygen atoms in total. The summed E-state index contributed by atoms with van der Waals surface area (Å²) < 4.78 is 0. The van der Waals surface area contributed by atoms with Crippen LogP contribution >= 0.6 is 11.8 Å². The van der Waals surface area contributed by atoms with Crippen molar-refractivity contribution in [2.45, 2.75) is 17.4 Å². The second-order valence-corrected chi connectivity index (χ2v) is 6.17. The Morgan fingerprint density at radius 1 is 1.26 bits per heavy atom. The molecule has 1 aromatic carbocycles. The average molecular weight is 270 g/mol. The Kier molecular flexibility index (Phi) is 3.85. The van der Waals surface area contributed by atoms with Crippen LogP contribution in [0.3, 0.4) is 0 Å². The maximum atomic E-state index is 4.17. The van der Waals surface area contributed by atoms with E-state index in [1.54, 1.807) is 0 Å². The van der Waals surface area contributed by atoms with Gasteiger partial charge in [0.15, 0.2) is 0 Å². The van der Waals surface area contributed by atoms with Crippen molar-refractivity contribution in [2.24, 2.45) is 0 Å². The van der Waals surface area contributed by atoms with Crippen LogP contribution < -0.4 is 0 Å². The summed E-state index contributed by atoms with van der Waals surface area (Å²) in [6.45, 7) is 2.08. The van der Waals surface area contributed by atoms with Crippen LogP contribution in [0.2, 0.25) is 0 Å². The zero-order valence-corrected chi connectivity index (χ0v) is 11.9. The quantitative estimate of drug-likeness (QED) is 0.847. The van der Waals surface area contributed by atoms with Crippen molar-refractivity contribution in [2.75, 3.05) is 19.3 Å². The van der Waals surface area contributed by atoms with Gasteiger partial charge in [0.2, 0.25) is 0 Å². The molecule has 0 radical (unpaired) electrons. The van der Waals surface area contributed by atoms with Gasteiger partial charge in [-0.3, -0.25) is 4.98 Å². The fraction of sp³-hybridized carbons (Fsp3) is 0.312. The van der Waals surface area contributed by atoms with E-state index in [4.69, 9.17) is 0 Å². The van der Waals surface area contributed by atoms with Gasteiger partial charge in [0.1, 0.15) is 0 Å². The van der Waals surface area contributed by atoms with E-state index in [0.29, 0.717) is 5.92 Å². The Hall–Kier alpha value is -1.32. The van der Waals surface area contributed by atoms with Crippen LogP contribution in [0.15, 0.2) is 53.7 Å². The molecule has 0 fully saturated rings. The Balaban J connectivity index is 1.63. The van der Waals surface area contributed by atoms with Gasteiger partial charge < -0.3 is 4.90 Å². The molecule has 0 saturated heterocycles. The highest BCUT2D eigenvalue weighted by atomic mass is 32.2. The van der Waals surface area contributed by atoms with E-state index in [1.807, 2.05) is 30.2 Å². The van der Waals surface area contributed by atoms with Crippen molar-refractivity contribution in [3.63, 3.8) is 0 Å². The van der Waals surface area contributed by atoms with Gasteiger partial charge in [0.05, 0.1) is 0 Å². The fourth-order valence-electron chi connectivity index (χ4n) is 2.62. The first-order valence-corrected chi connectivity index (χ1v) is 7.60. The summed E-state index contributed by atoms with van der Waals surface area (Å²) in [5.74, 6) is 1.86. The first kappa shape index (κ1) is 12.7. The zero-order chi connectivity index (χ0) is 13.1. The predicted octanol–water partition coefficient (Wildman–Crippen LogP) is 3.40. The fourth-order valence-corrected chi connectivity index (χ4v) is 3.87. The second kappa shape index (κ2) is 5.76. The Bertz CT molecular complexity index is 541. The summed E-state index contributed by atoms with van der Waals surface area (Å²) in [6.07, 6.45) is 3.78. The minimum atomic E-state index is 0.655. The predicted molar refractivity (Wildman–Crippen MR) is 80.5 cm³/mol. The normalized spacial score (nSPS) is 17.7. The van der Waals surface area contributed by atoms with Gasteiger partial charge in [-0.15, -0.1) is 11.8 Å². The van der Waals surface area contributed by atoms with Crippen molar-refractivity contribution in [3.8, 4) is 0 Å². The molecule has 0 amide bonds. The number of thioether (sulfide) groups is 1. The number of hydrogen-bond donors (Lipinski definition) is 0. The zero-order valence-electron chi connectivity index (χ0n) is 11.1. The summed E-state index contributed by atoms with van der Waals surface area (Å²) in [7, 11) is 2.19. The molecule has 98 valence electrons. The standard InChI is InChI=1S/C16H18N2S/c1-18(10-13-5-4-8-17-9-13)11-14-12-19-16-7-3-2-6-15(14)16/h2-9,14H,10-12H2,1H3. The minimum Gasteiger partial charge on any atom is -0.301 e. The van der Waals surface area contributed by atoms with Crippen LogP contribution in [-0.4, -0.2) is 29.2 Å². The van der Waals surface area contributed by atoms with Gasteiger partial charge >= 0.3 is 0 Å². The lowest BCUT2D eigenvalue weighted by Crippen LogP contribution is -2.24. The summed E-state index contributed by atoms with van der Waals surface area (Å²) in [5, 5.41) is 0. The van der Waals surface area contributed by atoms with Gasteiger partial charge in [-0.2, -0.15) is 0 Å². The molecule has 2 aromatic rings. The van der Waals surface area contributed by atoms with E-state index in [9.17, 15) is 0 Å². The van der Waals surface area contributed by atoms with Gasteiger partial charge in [-0.05, 0) is 30.3 Å². The van der Waals surface area contributed by atoms with Crippen LogP contribution in [0.4, 0.5) is 0 Å². The van der Waals surface area contributed by atoms with E-state index < -0.39 is 0 Å². The highest BCUT2D eigenvalue weighted by Crippen LogP contribution is 2.39.